The lowest BCUT2D eigenvalue weighted by molar-refractivity contribution is -0.140. The number of unbranched alkanes of at least 4 members (excludes halogenated alkanes) is 10. The number of carbonyl (C=O) groups excluding carboxylic acids is 3. The molecule has 1 aromatic heterocycles. The van der Waals surface area contributed by atoms with Crippen LogP contribution >= 0.6 is 0 Å². The number of esters is 3. The van der Waals surface area contributed by atoms with Gasteiger partial charge in [0.25, 0.3) is 0 Å². The van der Waals surface area contributed by atoms with E-state index in [2.05, 4.69) is 33.8 Å². The molecular formula is C36H46N2O6. The van der Waals surface area contributed by atoms with Crippen LogP contribution in [0.4, 0.5) is 0 Å². The third kappa shape index (κ3) is 12.7. The summed E-state index contributed by atoms with van der Waals surface area (Å²) in [5.41, 5.74) is 3.31. The van der Waals surface area contributed by atoms with Gasteiger partial charge in [0.15, 0.2) is 5.69 Å². The Kier molecular flexibility index (Phi) is 15.6. The Balaban J connectivity index is 1.36. The first-order valence-corrected chi connectivity index (χ1v) is 16.0. The zero-order valence-corrected chi connectivity index (χ0v) is 26.2. The molecule has 8 nitrogen and oxygen atoms in total. The van der Waals surface area contributed by atoms with E-state index in [1.54, 1.807) is 6.20 Å². The number of methoxy groups -OCH3 is 1. The maximum atomic E-state index is 12.6. The molecule has 0 unspecified atom stereocenters. The summed E-state index contributed by atoms with van der Waals surface area (Å²) in [6.45, 7) is 2.36. The number of aromatic nitrogens is 2. The first-order valence-electron chi connectivity index (χ1n) is 16.0. The highest BCUT2D eigenvalue weighted by Crippen LogP contribution is 2.20. The Morgan fingerprint density at radius 1 is 0.682 bits per heavy atom. The van der Waals surface area contributed by atoms with Crippen LogP contribution in [0.2, 0.25) is 0 Å². The van der Waals surface area contributed by atoms with Crippen LogP contribution in [0.3, 0.4) is 0 Å². The lowest BCUT2D eigenvalue weighted by Gasteiger charge is -2.07. The SMILES string of the molecule is CCCCCCCCCCCCCc1ccc(-c2cnc(C(=O)Oc3ccc(C(=O)OCCCC(=O)OC)cc3)cn2)cc1. The number of hydrogen-bond acceptors (Lipinski definition) is 8. The Hall–Kier alpha value is -4.07. The molecule has 0 aliphatic heterocycles. The first kappa shape index (κ1) is 34.4. The average molecular weight is 603 g/mol. The largest absolute Gasteiger partial charge is 0.469 e. The van der Waals surface area contributed by atoms with Crippen molar-refractivity contribution >= 4 is 17.9 Å². The van der Waals surface area contributed by atoms with Crippen molar-refractivity contribution in [2.45, 2.75) is 96.8 Å². The fourth-order valence-corrected chi connectivity index (χ4v) is 4.80. The normalized spacial score (nSPS) is 10.8. The summed E-state index contributed by atoms with van der Waals surface area (Å²) >= 11 is 0. The minimum Gasteiger partial charge on any atom is -0.469 e. The molecule has 0 radical (unpaired) electrons. The van der Waals surface area contributed by atoms with E-state index in [0.717, 1.165) is 12.0 Å². The van der Waals surface area contributed by atoms with Crippen molar-refractivity contribution in [3.63, 3.8) is 0 Å². The minimum atomic E-state index is -0.649. The Labute approximate surface area is 261 Å². The van der Waals surface area contributed by atoms with Crippen LogP contribution in [-0.4, -0.2) is 41.6 Å². The molecule has 1 heterocycles. The van der Waals surface area contributed by atoms with Crippen LogP contribution in [0.25, 0.3) is 11.3 Å². The smallest absolute Gasteiger partial charge is 0.363 e. The summed E-state index contributed by atoms with van der Waals surface area (Å²) in [7, 11) is 1.31. The Morgan fingerprint density at radius 3 is 1.91 bits per heavy atom. The van der Waals surface area contributed by atoms with Crippen molar-refractivity contribution in [2.24, 2.45) is 0 Å². The van der Waals surface area contributed by atoms with Gasteiger partial charge in [-0.3, -0.25) is 9.78 Å². The fourth-order valence-electron chi connectivity index (χ4n) is 4.80. The zero-order chi connectivity index (χ0) is 31.4. The number of nitrogens with zero attached hydrogens (tertiary/aromatic N) is 2. The number of carbonyl (C=O) groups is 3. The van der Waals surface area contributed by atoms with E-state index in [4.69, 9.17) is 9.47 Å². The van der Waals surface area contributed by atoms with Gasteiger partial charge in [-0.25, -0.2) is 14.6 Å². The summed E-state index contributed by atoms with van der Waals surface area (Å²) in [4.78, 5) is 44.5. The van der Waals surface area contributed by atoms with E-state index >= 15 is 0 Å². The zero-order valence-electron chi connectivity index (χ0n) is 26.2. The molecule has 0 fully saturated rings. The number of ether oxygens (including phenoxy) is 3. The number of benzene rings is 2. The van der Waals surface area contributed by atoms with Crippen LogP contribution in [0.1, 0.15) is 117 Å². The van der Waals surface area contributed by atoms with E-state index in [9.17, 15) is 14.4 Å². The average Bonchev–Trinajstić information content (AvgIpc) is 3.06. The molecule has 0 bridgehead atoms. The highest BCUT2D eigenvalue weighted by atomic mass is 16.5. The number of aryl methyl sites for hydroxylation is 1. The van der Waals surface area contributed by atoms with E-state index in [1.807, 2.05) is 12.1 Å². The quantitative estimate of drug-likeness (QED) is 0.0722. The van der Waals surface area contributed by atoms with Crippen molar-refractivity contribution in [3.8, 4) is 17.0 Å². The lowest BCUT2D eigenvalue weighted by Crippen LogP contribution is -2.12. The maximum absolute atomic E-state index is 12.6. The summed E-state index contributed by atoms with van der Waals surface area (Å²) in [5, 5.41) is 0. The van der Waals surface area contributed by atoms with Gasteiger partial charge in [-0.1, -0.05) is 95.4 Å². The summed E-state index contributed by atoms with van der Waals surface area (Å²) in [6.07, 6.45) is 19.4. The molecule has 0 saturated heterocycles. The third-order valence-electron chi connectivity index (χ3n) is 7.47. The molecule has 3 rings (SSSR count). The van der Waals surface area contributed by atoms with E-state index in [1.165, 1.54) is 114 Å². The van der Waals surface area contributed by atoms with E-state index in [0.29, 0.717) is 17.7 Å². The summed E-state index contributed by atoms with van der Waals surface area (Å²) < 4.78 is 15.1. The van der Waals surface area contributed by atoms with Gasteiger partial charge in [0.2, 0.25) is 0 Å². The Morgan fingerprint density at radius 2 is 1.32 bits per heavy atom. The minimum absolute atomic E-state index is 0.0796. The molecule has 44 heavy (non-hydrogen) atoms. The van der Waals surface area contributed by atoms with Crippen molar-refractivity contribution in [1.29, 1.82) is 0 Å². The van der Waals surface area contributed by atoms with Gasteiger partial charge in [0.05, 0.1) is 37.4 Å². The first-order chi connectivity index (χ1) is 21.5. The molecule has 0 N–H and O–H groups in total. The van der Waals surface area contributed by atoms with Gasteiger partial charge in [-0.15, -0.1) is 0 Å². The predicted molar refractivity (Wildman–Crippen MR) is 171 cm³/mol. The third-order valence-corrected chi connectivity index (χ3v) is 7.47. The fraction of sp³-hybridized carbons (Fsp3) is 0.472. The second-order valence-corrected chi connectivity index (χ2v) is 11.0. The molecule has 0 atom stereocenters. The van der Waals surface area contributed by atoms with Gasteiger partial charge in [-0.2, -0.15) is 0 Å². The lowest BCUT2D eigenvalue weighted by atomic mass is 10.0. The van der Waals surface area contributed by atoms with Crippen LogP contribution < -0.4 is 4.74 Å². The molecule has 0 amide bonds. The summed E-state index contributed by atoms with van der Waals surface area (Å²) in [6, 6.07) is 14.4. The van der Waals surface area contributed by atoms with Crippen molar-refractivity contribution in [2.75, 3.05) is 13.7 Å². The van der Waals surface area contributed by atoms with Crippen LogP contribution in [0.5, 0.6) is 5.75 Å². The van der Waals surface area contributed by atoms with Crippen LogP contribution in [0.15, 0.2) is 60.9 Å². The molecular weight excluding hydrogens is 556 g/mol. The highest BCUT2D eigenvalue weighted by Gasteiger charge is 2.13. The van der Waals surface area contributed by atoms with E-state index < -0.39 is 11.9 Å². The van der Waals surface area contributed by atoms with Gasteiger partial charge in [0.1, 0.15) is 5.75 Å². The predicted octanol–water partition coefficient (Wildman–Crippen LogP) is 8.33. The van der Waals surface area contributed by atoms with Crippen LogP contribution in [-0.2, 0) is 20.7 Å². The second kappa shape index (κ2) is 20.0. The molecule has 3 aromatic rings. The van der Waals surface area contributed by atoms with Crippen LogP contribution in [0, 0.1) is 0 Å². The topological polar surface area (TPSA) is 105 Å². The molecule has 236 valence electrons. The molecule has 0 spiro atoms. The van der Waals surface area contributed by atoms with Gasteiger partial charge < -0.3 is 14.2 Å². The Bertz CT molecular complexity index is 1270. The van der Waals surface area contributed by atoms with Crippen molar-refractivity contribution in [1.82, 2.24) is 9.97 Å². The number of hydrogen-bond donors (Lipinski definition) is 0. The standard InChI is InChI=1S/C36H46N2O6/c1-3-4-5-6-7-8-9-10-11-12-13-15-28-17-19-29(20-18-28)32-26-38-33(27-37-32)36(41)44-31-23-21-30(22-24-31)35(40)43-25-14-16-34(39)42-2/h17-24,26-27H,3-16,25H2,1-2H3. The van der Waals surface area contributed by atoms with Gasteiger partial charge in [0, 0.05) is 12.0 Å². The molecule has 0 saturated carbocycles. The molecule has 2 aromatic carbocycles. The van der Waals surface area contributed by atoms with Crippen molar-refractivity contribution in [3.05, 3.63) is 77.7 Å². The van der Waals surface area contributed by atoms with Crippen molar-refractivity contribution < 1.29 is 28.6 Å². The second-order valence-electron chi connectivity index (χ2n) is 11.0. The van der Waals surface area contributed by atoms with Gasteiger partial charge >= 0.3 is 17.9 Å². The molecule has 0 aliphatic carbocycles. The highest BCUT2D eigenvalue weighted by molar-refractivity contribution is 5.90. The maximum Gasteiger partial charge on any atom is 0.363 e. The van der Waals surface area contributed by atoms with E-state index in [-0.39, 0.29) is 30.4 Å². The molecule has 8 heteroatoms. The monoisotopic (exact) mass is 602 g/mol. The molecule has 0 aliphatic rings. The number of rotatable bonds is 20. The summed E-state index contributed by atoms with van der Waals surface area (Å²) in [5.74, 6) is -1.28. The van der Waals surface area contributed by atoms with Gasteiger partial charge in [-0.05, 0) is 49.1 Å².